The third-order valence-corrected chi connectivity index (χ3v) is 7.87. The highest BCUT2D eigenvalue weighted by Crippen LogP contribution is 2.32. The molecule has 4 rings (SSSR count). The Morgan fingerprint density at radius 2 is 1.72 bits per heavy atom. The van der Waals surface area contributed by atoms with Crippen LogP contribution in [0, 0.1) is 0 Å². The van der Waals surface area contributed by atoms with Crippen molar-refractivity contribution in [3.63, 3.8) is 0 Å². The Balaban J connectivity index is 0.00000420. The normalized spacial score (nSPS) is 18.2. The summed E-state index contributed by atoms with van der Waals surface area (Å²) in [6.07, 6.45) is -1.08. The van der Waals surface area contributed by atoms with Gasteiger partial charge in [0.1, 0.15) is 0 Å². The van der Waals surface area contributed by atoms with Crippen LogP contribution in [0.5, 0.6) is 0 Å². The molecule has 2 fully saturated rings. The molecule has 2 aliphatic rings. The quantitative estimate of drug-likeness (QED) is 0.395. The molecule has 1 atom stereocenters. The van der Waals surface area contributed by atoms with Crippen molar-refractivity contribution in [3.05, 3.63) is 62.6 Å². The summed E-state index contributed by atoms with van der Waals surface area (Å²) in [5.41, 5.74) is -0.578. The van der Waals surface area contributed by atoms with Gasteiger partial charge < -0.3 is 20.6 Å². The molecule has 0 aromatic heterocycles. The SMILES string of the molecule is C[C@@](O)(C(=O)N1CCC(N2CC(Nc3cc(Cl)c(C(=O)NCC(F)F)c(Cl)c3)C2)CC1)c1cccc(Cl)c1.S. The van der Waals surface area contributed by atoms with E-state index in [1.54, 1.807) is 41.3 Å². The second-order valence-corrected chi connectivity index (χ2v) is 11.1. The van der Waals surface area contributed by atoms with Crippen LogP contribution in [0.1, 0.15) is 35.7 Å². The van der Waals surface area contributed by atoms with Gasteiger partial charge >= 0.3 is 0 Å². The third-order valence-electron chi connectivity index (χ3n) is 7.04. The molecule has 0 unspecified atom stereocenters. The van der Waals surface area contributed by atoms with Gasteiger partial charge in [-0.15, -0.1) is 0 Å². The lowest BCUT2D eigenvalue weighted by Gasteiger charge is -2.48. The van der Waals surface area contributed by atoms with Crippen molar-refractivity contribution in [1.82, 2.24) is 15.1 Å². The monoisotopic (exact) mass is 622 g/mol. The van der Waals surface area contributed by atoms with Crippen molar-refractivity contribution in [2.24, 2.45) is 0 Å². The van der Waals surface area contributed by atoms with E-state index in [9.17, 15) is 23.5 Å². The van der Waals surface area contributed by atoms with Gasteiger partial charge in [0, 0.05) is 42.9 Å². The summed E-state index contributed by atoms with van der Waals surface area (Å²) in [4.78, 5) is 29.2. The molecular formula is C26H31Cl3F2N4O3S. The fraction of sp³-hybridized carbons (Fsp3) is 0.462. The lowest BCUT2D eigenvalue weighted by atomic mass is 9.92. The van der Waals surface area contributed by atoms with Gasteiger partial charge in [-0.25, -0.2) is 8.78 Å². The van der Waals surface area contributed by atoms with E-state index in [0.29, 0.717) is 35.4 Å². The molecule has 2 aromatic carbocycles. The first-order chi connectivity index (χ1) is 18.0. The van der Waals surface area contributed by atoms with Crippen molar-refractivity contribution < 1.29 is 23.5 Å². The molecule has 7 nitrogen and oxygen atoms in total. The molecule has 3 N–H and O–H groups in total. The van der Waals surface area contributed by atoms with Crippen LogP contribution in [0.3, 0.4) is 0 Å². The van der Waals surface area contributed by atoms with E-state index < -0.39 is 24.5 Å². The van der Waals surface area contributed by atoms with Crippen LogP contribution in [0.2, 0.25) is 15.1 Å². The van der Waals surface area contributed by atoms with Gasteiger partial charge in [0.15, 0.2) is 5.60 Å². The van der Waals surface area contributed by atoms with Gasteiger partial charge in [-0.3, -0.25) is 14.5 Å². The molecule has 0 bridgehead atoms. The maximum atomic E-state index is 13.1. The summed E-state index contributed by atoms with van der Waals surface area (Å²) in [6, 6.07) is 10.3. The van der Waals surface area contributed by atoms with Gasteiger partial charge in [0.05, 0.1) is 28.2 Å². The summed E-state index contributed by atoms with van der Waals surface area (Å²) >= 11 is 18.5. The zero-order valence-electron chi connectivity index (χ0n) is 21.2. The number of benzene rings is 2. The fourth-order valence-electron chi connectivity index (χ4n) is 4.93. The van der Waals surface area contributed by atoms with Crippen molar-refractivity contribution in [1.29, 1.82) is 0 Å². The molecule has 2 saturated heterocycles. The number of carbonyl (C=O) groups excluding carboxylic acids is 2. The van der Waals surface area contributed by atoms with Crippen molar-refractivity contribution >= 4 is 65.8 Å². The first-order valence-electron chi connectivity index (χ1n) is 12.3. The highest BCUT2D eigenvalue weighted by Gasteiger charge is 2.40. The highest BCUT2D eigenvalue weighted by molar-refractivity contribution is 7.59. The minimum Gasteiger partial charge on any atom is -0.380 e. The number of halogens is 5. The Labute approximate surface area is 248 Å². The Bertz CT molecular complexity index is 1170. The molecule has 13 heteroatoms. The summed E-state index contributed by atoms with van der Waals surface area (Å²) in [5, 5.41) is 17.0. The van der Waals surface area contributed by atoms with Crippen molar-refractivity contribution in [2.45, 2.75) is 43.9 Å². The van der Waals surface area contributed by atoms with Gasteiger partial charge in [-0.05, 0) is 49.6 Å². The maximum absolute atomic E-state index is 13.1. The average Bonchev–Trinajstić information content (AvgIpc) is 2.84. The minimum absolute atomic E-state index is 0. The number of likely N-dealkylation sites (tertiary alicyclic amines) is 2. The second kappa shape index (κ2) is 13.2. The highest BCUT2D eigenvalue weighted by atomic mass is 35.5. The fourth-order valence-corrected chi connectivity index (χ4v) is 5.78. The Morgan fingerprint density at radius 3 is 2.28 bits per heavy atom. The number of alkyl halides is 2. The number of hydrogen-bond donors (Lipinski definition) is 3. The first-order valence-corrected chi connectivity index (χ1v) is 13.4. The molecule has 2 heterocycles. The lowest BCUT2D eigenvalue weighted by Crippen LogP contribution is -2.61. The van der Waals surface area contributed by atoms with Crippen molar-refractivity contribution in [3.8, 4) is 0 Å². The molecule has 0 spiro atoms. The van der Waals surface area contributed by atoms with Crippen LogP contribution >= 0.6 is 48.3 Å². The number of hydrogen-bond acceptors (Lipinski definition) is 5. The topological polar surface area (TPSA) is 84.9 Å². The molecule has 2 aliphatic heterocycles. The molecule has 39 heavy (non-hydrogen) atoms. The molecule has 2 aromatic rings. The molecule has 0 saturated carbocycles. The zero-order chi connectivity index (χ0) is 27.6. The number of carbonyl (C=O) groups is 2. The van der Waals surface area contributed by atoms with Crippen LogP contribution < -0.4 is 10.6 Å². The molecule has 0 radical (unpaired) electrons. The maximum Gasteiger partial charge on any atom is 0.258 e. The van der Waals surface area contributed by atoms with Crippen molar-refractivity contribution in [2.75, 3.05) is 38.0 Å². The molecular weight excluding hydrogens is 593 g/mol. The van der Waals surface area contributed by atoms with Crippen LogP contribution in [0.15, 0.2) is 36.4 Å². The van der Waals surface area contributed by atoms with E-state index in [4.69, 9.17) is 34.8 Å². The van der Waals surface area contributed by atoms with E-state index in [0.717, 1.165) is 25.9 Å². The molecule has 214 valence electrons. The predicted octanol–water partition coefficient (Wildman–Crippen LogP) is 4.75. The summed E-state index contributed by atoms with van der Waals surface area (Å²) in [6.45, 7) is 3.39. The third kappa shape index (κ3) is 7.48. The average molecular weight is 624 g/mol. The summed E-state index contributed by atoms with van der Waals surface area (Å²) in [5.74, 6) is -1.08. The van der Waals surface area contributed by atoms with E-state index in [-0.39, 0.29) is 41.1 Å². The molecule has 2 amide bonds. The van der Waals surface area contributed by atoms with Crippen LogP contribution in [-0.4, -0.2) is 78.0 Å². The van der Waals surface area contributed by atoms with E-state index in [1.807, 2.05) is 0 Å². The standard InChI is InChI=1S/C26H29Cl3F2N4O3.H2S/c1-26(38,15-3-2-4-16(27)9-15)25(37)34-7-5-19(6-8-34)35-13-18(14-35)33-17-10-20(28)23(21(29)11-17)24(36)32-12-22(30)31;/h2-4,9-11,18-19,22,33,38H,5-8,12-14H2,1H3,(H,32,36);1H2/t26-;/m0./s1. The van der Waals surface area contributed by atoms with Crippen LogP contribution in [0.4, 0.5) is 14.5 Å². The largest absolute Gasteiger partial charge is 0.380 e. The smallest absolute Gasteiger partial charge is 0.258 e. The van der Waals surface area contributed by atoms with Gasteiger partial charge in [-0.2, -0.15) is 13.5 Å². The van der Waals surface area contributed by atoms with E-state index in [2.05, 4.69) is 15.5 Å². The number of rotatable bonds is 8. The number of nitrogens with zero attached hydrogens (tertiary/aromatic N) is 2. The van der Waals surface area contributed by atoms with E-state index >= 15 is 0 Å². The number of nitrogens with one attached hydrogen (secondary N) is 2. The Morgan fingerprint density at radius 1 is 1.10 bits per heavy atom. The Kier molecular flexibility index (Phi) is 10.8. The summed E-state index contributed by atoms with van der Waals surface area (Å²) in [7, 11) is 0. The van der Waals surface area contributed by atoms with Gasteiger partial charge in [-0.1, -0.05) is 46.9 Å². The second-order valence-electron chi connectivity index (χ2n) is 9.82. The lowest BCUT2D eigenvalue weighted by molar-refractivity contribution is -0.152. The van der Waals surface area contributed by atoms with Gasteiger partial charge in [0.2, 0.25) is 0 Å². The number of piperidine rings is 1. The summed E-state index contributed by atoms with van der Waals surface area (Å²) < 4.78 is 24.8. The predicted molar refractivity (Wildman–Crippen MR) is 155 cm³/mol. The van der Waals surface area contributed by atoms with Crippen LogP contribution in [-0.2, 0) is 10.4 Å². The first kappa shape index (κ1) is 31.7. The Hall–Kier alpha value is -1.82. The molecule has 0 aliphatic carbocycles. The number of anilines is 1. The van der Waals surface area contributed by atoms with Crippen LogP contribution in [0.25, 0.3) is 0 Å². The van der Waals surface area contributed by atoms with E-state index in [1.165, 1.54) is 6.92 Å². The number of aliphatic hydroxyl groups is 1. The van der Waals surface area contributed by atoms with Gasteiger partial charge in [0.25, 0.3) is 18.2 Å². The zero-order valence-corrected chi connectivity index (χ0v) is 24.5. The number of amides is 2. The minimum atomic E-state index is -2.67.